The lowest BCUT2D eigenvalue weighted by Crippen LogP contribution is -2.30. The summed E-state index contributed by atoms with van der Waals surface area (Å²) < 4.78 is 15.6. The van der Waals surface area contributed by atoms with Gasteiger partial charge >= 0.3 is 0 Å². The lowest BCUT2D eigenvalue weighted by Gasteiger charge is -2.26. The van der Waals surface area contributed by atoms with Crippen LogP contribution >= 0.6 is 15.9 Å². The van der Waals surface area contributed by atoms with Gasteiger partial charge in [0.15, 0.2) is 0 Å². The van der Waals surface area contributed by atoms with Crippen molar-refractivity contribution in [1.29, 1.82) is 0 Å². The van der Waals surface area contributed by atoms with Gasteiger partial charge in [-0.15, -0.1) is 0 Å². The summed E-state index contributed by atoms with van der Waals surface area (Å²) in [5.41, 5.74) is 0.586. The van der Waals surface area contributed by atoms with Crippen molar-refractivity contribution in [3.8, 4) is 0 Å². The predicted molar refractivity (Wildman–Crippen MR) is 85.1 cm³/mol. The van der Waals surface area contributed by atoms with E-state index in [1.54, 1.807) is 25.4 Å². The molecule has 0 unspecified atom stereocenters. The Morgan fingerprint density at radius 2 is 2.05 bits per heavy atom. The lowest BCUT2D eigenvalue weighted by atomic mass is 9.84. The van der Waals surface area contributed by atoms with Crippen molar-refractivity contribution in [3.63, 3.8) is 0 Å². The zero-order valence-electron chi connectivity index (χ0n) is 12.2. The predicted octanol–water partition coefficient (Wildman–Crippen LogP) is 3.07. The summed E-state index contributed by atoms with van der Waals surface area (Å²) in [6.45, 7) is 4.36. The molecular weight excluding hydrogens is 337 g/mol. The van der Waals surface area contributed by atoms with E-state index in [0.29, 0.717) is 22.3 Å². The van der Waals surface area contributed by atoms with Crippen molar-refractivity contribution in [2.24, 2.45) is 7.05 Å². The van der Waals surface area contributed by atoms with E-state index in [2.05, 4.69) is 26.3 Å². The molecular formula is C15H17BrFN3O. The Bertz CT molecular complexity index is 712. The van der Waals surface area contributed by atoms with Crippen LogP contribution < -0.4 is 10.9 Å². The Morgan fingerprint density at radius 3 is 2.71 bits per heavy atom. The van der Waals surface area contributed by atoms with Gasteiger partial charge in [0.2, 0.25) is 0 Å². The van der Waals surface area contributed by atoms with Crippen molar-refractivity contribution >= 4 is 21.6 Å². The Kier molecular flexibility index (Phi) is 4.46. The van der Waals surface area contributed by atoms with Crippen LogP contribution in [0.15, 0.2) is 39.7 Å². The summed E-state index contributed by atoms with van der Waals surface area (Å²) in [5, 5.41) is 7.13. The van der Waals surface area contributed by atoms with Crippen LogP contribution in [-0.4, -0.2) is 16.3 Å². The number of anilines is 1. The average Bonchev–Trinajstić information content (AvgIpc) is 2.44. The SMILES string of the molecule is Cn1ncc(NCC(C)(C)c2ccccc2F)c(Br)c1=O. The van der Waals surface area contributed by atoms with Gasteiger partial charge in [-0.05, 0) is 27.6 Å². The van der Waals surface area contributed by atoms with E-state index in [9.17, 15) is 9.18 Å². The number of nitrogens with one attached hydrogen (secondary N) is 1. The molecule has 2 rings (SSSR count). The van der Waals surface area contributed by atoms with Gasteiger partial charge in [-0.3, -0.25) is 4.79 Å². The van der Waals surface area contributed by atoms with Crippen LogP contribution in [0.4, 0.5) is 10.1 Å². The van der Waals surface area contributed by atoms with Gasteiger partial charge in [0.1, 0.15) is 10.3 Å². The highest BCUT2D eigenvalue weighted by Gasteiger charge is 2.24. The molecule has 21 heavy (non-hydrogen) atoms. The molecule has 1 aromatic heterocycles. The Hall–Kier alpha value is -1.69. The van der Waals surface area contributed by atoms with Crippen LogP contribution in [0.2, 0.25) is 0 Å². The van der Waals surface area contributed by atoms with Crippen LogP contribution in [0.5, 0.6) is 0 Å². The van der Waals surface area contributed by atoms with Gasteiger partial charge in [-0.2, -0.15) is 5.10 Å². The minimum atomic E-state index is -0.425. The summed E-state index contributed by atoms with van der Waals surface area (Å²) in [7, 11) is 1.58. The smallest absolute Gasteiger partial charge is 0.282 e. The standard InChI is InChI=1S/C15H17BrFN3O/c1-15(2,10-6-4-5-7-11(10)17)9-18-12-8-19-20(3)14(21)13(12)16/h4-8,18H,9H2,1-3H3. The highest BCUT2D eigenvalue weighted by molar-refractivity contribution is 9.10. The van der Waals surface area contributed by atoms with Crippen LogP contribution in [-0.2, 0) is 12.5 Å². The molecule has 0 atom stereocenters. The van der Waals surface area contributed by atoms with E-state index in [-0.39, 0.29) is 11.4 Å². The fourth-order valence-electron chi connectivity index (χ4n) is 2.06. The Balaban J connectivity index is 2.22. The number of aryl methyl sites for hydroxylation is 1. The fraction of sp³-hybridized carbons (Fsp3) is 0.333. The second kappa shape index (κ2) is 5.97. The van der Waals surface area contributed by atoms with Gasteiger partial charge in [0.25, 0.3) is 5.56 Å². The maximum absolute atomic E-state index is 13.9. The molecule has 0 spiro atoms. The van der Waals surface area contributed by atoms with Crippen LogP contribution in [0.1, 0.15) is 19.4 Å². The normalized spacial score (nSPS) is 11.5. The average molecular weight is 354 g/mol. The highest BCUT2D eigenvalue weighted by atomic mass is 79.9. The van der Waals surface area contributed by atoms with E-state index in [1.807, 2.05) is 19.9 Å². The van der Waals surface area contributed by atoms with E-state index < -0.39 is 5.41 Å². The summed E-state index contributed by atoms with van der Waals surface area (Å²) in [6.07, 6.45) is 1.57. The Morgan fingerprint density at radius 1 is 1.38 bits per heavy atom. The van der Waals surface area contributed by atoms with Crippen molar-refractivity contribution in [1.82, 2.24) is 9.78 Å². The van der Waals surface area contributed by atoms with Crippen molar-refractivity contribution < 1.29 is 4.39 Å². The first kappa shape index (κ1) is 15.7. The number of benzene rings is 1. The van der Waals surface area contributed by atoms with Crippen LogP contribution in [0.25, 0.3) is 0 Å². The molecule has 0 radical (unpaired) electrons. The first-order valence-electron chi connectivity index (χ1n) is 6.53. The molecule has 0 amide bonds. The first-order valence-corrected chi connectivity index (χ1v) is 7.33. The maximum atomic E-state index is 13.9. The molecule has 6 heteroatoms. The van der Waals surface area contributed by atoms with Crippen LogP contribution in [0.3, 0.4) is 0 Å². The molecule has 0 fully saturated rings. The molecule has 0 saturated carbocycles. The van der Waals surface area contributed by atoms with E-state index in [4.69, 9.17) is 0 Å². The number of hydrogen-bond donors (Lipinski definition) is 1. The minimum absolute atomic E-state index is 0.219. The minimum Gasteiger partial charge on any atom is -0.382 e. The number of hydrogen-bond acceptors (Lipinski definition) is 3. The van der Waals surface area contributed by atoms with Gasteiger partial charge in [0.05, 0.1) is 11.9 Å². The zero-order valence-corrected chi connectivity index (χ0v) is 13.7. The lowest BCUT2D eigenvalue weighted by molar-refractivity contribution is 0.504. The van der Waals surface area contributed by atoms with Gasteiger partial charge in [0, 0.05) is 19.0 Å². The zero-order chi connectivity index (χ0) is 15.6. The van der Waals surface area contributed by atoms with E-state index >= 15 is 0 Å². The third-order valence-electron chi connectivity index (χ3n) is 3.40. The quantitative estimate of drug-likeness (QED) is 0.918. The molecule has 1 N–H and O–H groups in total. The second-order valence-corrected chi connectivity index (χ2v) is 6.31. The van der Waals surface area contributed by atoms with E-state index in [1.165, 1.54) is 10.7 Å². The highest BCUT2D eigenvalue weighted by Crippen LogP contribution is 2.27. The van der Waals surface area contributed by atoms with Crippen molar-refractivity contribution in [2.75, 3.05) is 11.9 Å². The summed E-state index contributed by atoms with van der Waals surface area (Å²) in [5.74, 6) is -0.231. The van der Waals surface area contributed by atoms with Gasteiger partial charge < -0.3 is 5.32 Å². The van der Waals surface area contributed by atoms with Crippen molar-refractivity contribution in [3.05, 3.63) is 56.7 Å². The molecule has 0 aliphatic heterocycles. The molecule has 0 saturated heterocycles. The van der Waals surface area contributed by atoms with E-state index in [0.717, 1.165) is 0 Å². The monoisotopic (exact) mass is 353 g/mol. The third-order valence-corrected chi connectivity index (χ3v) is 4.17. The fourth-order valence-corrected chi connectivity index (χ4v) is 2.55. The molecule has 1 aromatic carbocycles. The molecule has 0 bridgehead atoms. The first-order chi connectivity index (χ1) is 9.83. The number of aromatic nitrogens is 2. The largest absolute Gasteiger partial charge is 0.382 e. The summed E-state index contributed by atoms with van der Waals surface area (Å²) in [6, 6.07) is 6.71. The number of halogens is 2. The number of rotatable bonds is 4. The molecule has 0 aliphatic rings. The number of nitrogens with zero attached hydrogens (tertiary/aromatic N) is 2. The van der Waals surface area contributed by atoms with Crippen LogP contribution in [0, 0.1) is 5.82 Å². The third kappa shape index (κ3) is 3.32. The Labute approximate surface area is 131 Å². The second-order valence-electron chi connectivity index (χ2n) is 5.52. The molecule has 4 nitrogen and oxygen atoms in total. The van der Waals surface area contributed by atoms with Gasteiger partial charge in [-0.25, -0.2) is 9.07 Å². The molecule has 112 valence electrons. The summed E-state index contributed by atoms with van der Waals surface area (Å²) in [4.78, 5) is 11.8. The molecule has 1 heterocycles. The van der Waals surface area contributed by atoms with Crippen molar-refractivity contribution in [2.45, 2.75) is 19.3 Å². The van der Waals surface area contributed by atoms with Gasteiger partial charge in [-0.1, -0.05) is 32.0 Å². The molecule has 0 aliphatic carbocycles. The maximum Gasteiger partial charge on any atom is 0.282 e. The topological polar surface area (TPSA) is 46.9 Å². The molecule has 2 aromatic rings. The summed E-state index contributed by atoms with van der Waals surface area (Å²) >= 11 is 3.26.